The van der Waals surface area contributed by atoms with E-state index in [-0.39, 0.29) is 11.2 Å². The van der Waals surface area contributed by atoms with Crippen LogP contribution in [0.2, 0.25) is 5.02 Å². The first-order valence-electron chi connectivity index (χ1n) is 9.39. The van der Waals surface area contributed by atoms with E-state index < -0.39 is 0 Å². The van der Waals surface area contributed by atoms with Crippen molar-refractivity contribution in [2.75, 3.05) is 0 Å². The van der Waals surface area contributed by atoms with Crippen molar-refractivity contribution in [3.05, 3.63) is 88.2 Å². The number of aromatic nitrogens is 1. The van der Waals surface area contributed by atoms with Crippen LogP contribution in [-0.4, -0.2) is 21.9 Å². The Bertz CT molecular complexity index is 1010. The Balaban J connectivity index is 1.62. The fourth-order valence-electron chi connectivity index (χ4n) is 3.05. The number of carbonyl (C=O) groups excluding carboxylic acids is 1. The minimum absolute atomic E-state index is 0.109. The molecule has 4 nitrogen and oxygen atoms in total. The van der Waals surface area contributed by atoms with Crippen molar-refractivity contribution in [1.82, 2.24) is 9.99 Å². The monoisotopic (exact) mass is 425 g/mol. The van der Waals surface area contributed by atoms with Gasteiger partial charge in [-0.3, -0.25) is 4.79 Å². The Hall–Kier alpha value is -2.50. The smallest absolute Gasteiger partial charge is 0.252 e. The van der Waals surface area contributed by atoms with E-state index in [1.54, 1.807) is 18.0 Å². The Kier molecular flexibility index (Phi) is 7.18. The van der Waals surface area contributed by atoms with Gasteiger partial charge in [-0.2, -0.15) is 5.10 Å². The van der Waals surface area contributed by atoms with E-state index in [0.717, 1.165) is 28.4 Å². The van der Waals surface area contributed by atoms with Crippen molar-refractivity contribution in [3.8, 4) is 5.69 Å². The normalized spacial score (nSPS) is 12.3. The average Bonchev–Trinajstić information content (AvgIpc) is 3.00. The van der Waals surface area contributed by atoms with Gasteiger partial charge in [0.05, 0.1) is 22.2 Å². The quantitative estimate of drug-likeness (QED) is 0.400. The molecule has 0 bridgehead atoms. The molecule has 0 fully saturated rings. The van der Waals surface area contributed by atoms with E-state index in [1.807, 2.05) is 69.3 Å². The van der Waals surface area contributed by atoms with Gasteiger partial charge >= 0.3 is 0 Å². The molecular formula is C23H24ClN3OS. The van der Waals surface area contributed by atoms with Gasteiger partial charge in [-0.25, -0.2) is 5.43 Å². The van der Waals surface area contributed by atoms with E-state index >= 15 is 0 Å². The standard InChI is InChI=1S/C23H24ClN3OS/c1-16-13-20(17(2)27(16)22-12-8-7-11-21(22)24)14-25-26-23(28)18(3)29-15-19-9-5-4-6-10-19/h4-14,18H,15H2,1-3H3,(H,26,28)/b25-14-/t18-/m0/s1. The molecule has 1 aromatic heterocycles. The lowest BCUT2D eigenvalue weighted by atomic mass is 10.2. The SMILES string of the molecule is Cc1cc(/C=N\NC(=O)[C@H](C)SCc2ccccc2)c(C)n1-c1ccccc1Cl. The average molecular weight is 426 g/mol. The Labute approximate surface area is 181 Å². The maximum Gasteiger partial charge on any atom is 0.252 e. The molecule has 3 aromatic rings. The number of aryl methyl sites for hydroxylation is 1. The van der Waals surface area contributed by atoms with Gasteiger partial charge in [0.25, 0.3) is 5.91 Å². The maximum absolute atomic E-state index is 12.3. The summed E-state index contributed by atoms with van der Waals surface area (Å²) in [7, 11) is 0. The minimum Gasteiger partial charge on any atom is -0.316 e. The lowest BCUT2D eigenvalue weighted by Gasteiger charge is -2.11. The van der Waals surface area contributed by atoms with Crippen LogP contribution in [0.4, 0.5) is 0 Å². The second-order valence-corrected chi connectivity index (χ2v) is 8.52. The summed E-state index contributed by atoms with van der Waals surface area (Å²) in [5, 5.41) is 4.66. The third kappa shape index (κ3) is 5.31. The van der Waals surface area contributed by atoms with Crippen LogP contribution in [0, 0.1) is 13.8 Å². The molecule has 0 spiro atoms. The first-order valence-corrected chi connectivity index (χ1v) is 10.8. The number of hydrogen-bond donors (Lipinski definition) is 1. The fourth-order valence-corrected chi connectivity index (χ4v) is 4.11. The molecule has 0 saturated heterocycles. The fraction of sp³-hybridized carbons (Fsp3) is 0.217. The van der Waals surface area contributed by atoms with Gasteiger partial charge in [0.15, 0.2) is 0 Å². The number of amides is 1. The third-order valence-electron chi connectivity index (χ3n) is 4.65. The molecule has 2 aromatic carbocycles. The zero-order chi connectivity index (χ0) is 20.8. The van der Waals surface area contributed by atoms with Crippen LogP contribution in [0.1, 0.15) is 29.4 Å². The number of hydrogen-bond acceptors (Lipinski definition) is 3. The van der Waals surface area contributed by atoms with Gasteiger partial charge in [-0.15, -0.1) is 11.8 Å². The molecule has 0 aliphatic carbocycles. The summed E-state index contributed by atoms with van der Waals surface area (Å²) in [6, 6.07) is 19.9. The van der Waals surface area contributed by atoms with Gasteiger partial charge in [-0.1, -0.05) is 54.1 Å². The molecule has 1 N–H and O–H groups in total. The van der Waals surface area contributed by atoms with Crippen LogP contribution >= 0.6 is 23.4 Å². The Morgan fingerprint density at radius 2 is 1.86 bits per heavy atom. The largest absolute Gasteiger partial charge is 0.316 e. The highest BCUT2D eigenvalue weighted by molar-refractivity contribution is 7.99. The summed E-state index contributed by atoms with van der Waals surface area (Å²) < 4.78 is 2.09. The molecule has 3 rings (SSSR count). The molecule has 29 heavy (non-hydrogen) atoms. The lowest BCUT2D eigenvalue weighted by molar-refractivity contribution is -0.120. The van der Waals surface area contributed by atoms with Crippen molar-refractivity contribution in [3.63, 3.8) is 0 Å². The van der Waals surface area contributed by atoms with Crippen LogP contribution in [-0.2, 0) is 10.5 Å². The number of rotatable bonds is 7. The van der Waals surface area contributed by atoms with Gasteiger partial charge in [0.1, 0.15) is 0 Å². The van der Waals surface area contributed by atoms with Crippen LogP contribution in [0.3, 0.4) is 0 Å². The summed E-state index contributed by atoms with van der Waals surface area (Å²) in [5.41, 5.74) is 7.78. The van der Waals surface area contributed by atoms with E-state index in [4.69, 9.17) is 11.6 Å². The zero-order valence-corrected chi connectivity index (χ0v) is 18.3. The summed E-state index contributed by atoms with van der Waals surface area (Å²) >= 11 is 7.94. The van der Waals surface area contributed by atoms with Gasteiger partial charge in [-0.05, 0) is 44.5 Å². The summed E-state index contributed by atoms with van der Waals surface area (Å²) in [6.45, 7) is 5.92. The first kappa shape index (κ1) is 21.2. The predicted molar refractivity (Wildman–Crippen MR) is 123 cm³/mol. The van der Waals surface area contributed by atoms with Crippen molar-refractivity contribution in [2.45, 2.75) is 31.8 Å². The van der Waals surface area contributed by atoms with Crippen LogP contribution in [0.25, 0.3) is 5.69 Å². The van der Waals surface area contributed by atoms with E-state index in [9.17, 15) is 4.79 Å². The highest BCUT2D eigenvalue weighted by Crippen LogP contribution is 2.25. The van der Waals surface area contributed by atoms with Crippen molar-refractivity contribution in [2.24, 2.45) is 5.10 Å². The molecule has 1 atom stereocenters. The molecular weight excluding hydrogens is 402 g/mol. The Morgan fingerprint density at radius 3 is 2.59 bits per heavy atom. The molecule has 0 aliphatic heterocycles. The van der Waals surface area contributed by atoms with E-state index in [2.05, 4.69) is 27.2 Å². The number of nitrogens with one attached hydrogen (secondary N) is 1. The second-order valence-electron chi connectivity index (χ2n) is 6.79. The summed E-state index contributed by atoms with van der Waals surface area (Å²) in [6.07, 6.45) is 1.68. The van der Waals surface area contributed by atoms with Gasteiger partial charge in [0, 0.05) is 22.7 Å². The molecule has 0 saturated carbocycles. The lowest BCUT2D eigenvalue weighted by Crippen LogP contribution is -2.27. The number of carbonyl (C=O) groups is 1. The van der Waals surface area contributed by atoms with Crippen LogP contribution in [0.5, 0.6) is 0 Å². The van der Waals surface area contributed by atoms with Crippen LogP contribution in [0.15, 0.2) is 65.8 Å². The number of halogens is 1. The van der Waals surface area contributed by atoms with Crippen molar-refractivity contribution < 1.29 is 4.79 Å². The molecule has 0 unspecified atom stereocenters. The number of thioether (sulfide) groups is 1. The third-order valence-corrected chi connectivity index (χ3v) is 6.19. The molecule has 150 valence electrons. The molecule has 0 radical (unpaired) electrons. The highest BCUT2D eigenvalue weighted by Gasteiger charge is 2.14. The summed E-state index contributed by atoms with van der Waals surface area (Å²) in [5.74, 6) is 0.681. The molecule has 1 amide bonds. The molecule has 6 heteroatoms. The Morgan fingerprint density at radius 1 is 1.17 bits per heavy atom. The van der Waals surface area contributed by atoms with E-state index in [1.165, 1.54) is 5.56 Å². The van der Waals surface area contributed by atoms with Crippen molar-refractivity contribution in [1.29, 1.82) is 0 Å². The molecule has 0 aliphatic rings. The molecule has 1 heterocycles. The maximum atomic E-state index is 12.3. The number of nitrogens with zero attached hydrogens (tertiary/aromatic N) is 2. The van der Waals surface area contributed by atoms with Gasteiger partial charge < -0.3 is 4.57 Å². The second kappa shape index (κ2) is 9.81. The number of benzene rings is 2. The zero-order valence-electron chi connectivity index (χ0n) is 16.7. The highest BCUT2D eigenvalue weighted by atomic mass is 35.5. The van der Waals surface area contributed by atoms with Crippen molar-refractivity contribution >= 4 is 35.5 Å². The number of hydrazone groups is 1. The minimum atomic E-state index is -0.192. The topological polar surface area (TPSA) is 46.4 Å². The van der Waals surface area contributed by atoms with Crippen LogP contribution < -0.4 is 5.43 Å². The number of para-hydroxylation sites is 1. The first-order chi connectivity index (χ1) is 14.0. The summed E-state index contributed by atoms with van der Waals surface area (Å²) in [4.78, 5) is 12.3. The van der Waals surface area contributed by atoms with Gasteiger partial charge in [0.2, 0.25) is 0 Å². The predicted octanol–water partition coefficient (Wildman–Crippen LogP) is 5.52. The van der Waals surface area contributed by atoms with E-state index in [0.29, 0.717) is 5.02 Å².